The lowest BCUT2D eigenvalue weighted by atomic mass is 9.85. The van der Waals surface area contributed by atoms with Gasteiger partial charge < -0.3 is 14.6 Å². The Balaban J connectivity index is 1.92. The Morgan fingerprint density at radius 3 is 2.61 bits per heavy atom. The van der Waals surface area contributed by atoms with Crippen LogP contribution in [-0.2, 0) is 5.41 Å². The summed E-state index contributed by atoms with van der Waals surface area (Å²) in [5.41, 5.74) is 2.24. The molecule has 0 aliphatic carbocycles. The van der Waals surface area contributed by atoms with E-state index in [4.69, 9.17) is 9.26 Å². The molecule has 6 nitrogen and oxygen atoms in total. The molecule has 2 amide bonds. The van der Waals surface area contributed by atoms with E-state index in [9.17, 15) is 4.79 Å². The summed E-state index contributed by atoms with van der Waals surface area (Å²) in [6.07, 6.45) is 0. The van der Waals surface area contributed by atoms with Gasteiger partial charge in [-0.25, -0.2) is 4.79 Å². The van der Waals surface area contributed by atoms with Gasteiger partial charge in [-0.1, -0.05) is 43.6 Å². The molecule has 1 aromatic carbocycles. The van der Waals surface area contributed by atoms with Gasteiger partial charge in [-0.05, 0) is 30.9 Å². The van der Waals surface area contributed by atoms with Crippen molar-refractivity contribution in [1.29, 1.82) is 0 Å². The fourth-order valence-corrected chi connectivity index (χ4v) is 2.12. The second-order valence-corrected chi connectivity index (χ2v) is 6.49. The summed E-state index contributed by atoms with van der Waals surface area (Å²) < 4.78 is 10.6. The first kappa shape index (κ1) is 16.9. The highest BCUT2D eigenvalue weighted by molar-refractivity contribution is 5.87. The number of aromatic nitrogens is 1. The molecule has 2 N–H and O–H groups in total. The number of nitrogens with one attached hydrogen (secondary N) is 2. The number of aryl methyl sites for hydroxylation is 2. The van der Waals surface area contributed by atoms with Gasteiger partial charge in [0.25, 0.3) is 0 Å². The molecule has 0 unspecified atom stereocenters. The van der Waals surface area contributed by atoms with Crippen molar-refractivity contribution in [2.24, 2.45) is 0 Å². The molecule has 1 heterocycles. The first-order valence-corrected chi connectivity index (χ1v) is 7.48. The van der Waals surface area contributed by atoms with Crippen LogP contribution in [0.25, 0.3) is 0 Å². The summed E-state index contributed by atoms with van der Waals surface area (Å²) in [5.74, 6) is 1.76. The number of nitrogens with zero attached hydrogens (tertiary/aromatic N) is 1. The summed E-state index contributed by atoms with van der Waals surface area (Å²) in [7, 11) is 0. The Morgan fingerprint density at radius 2 is 2.00 bits per heavy atom. The zero-order valence-corrected chi connectivity index (χ0v) is 14.2. The molecule has 23 heavy (non-hydrogen) atoms. The number of rotatable bonds is 4. The third kappa shape index (κ3) is 4.74. The van der Waals surface area contributed by atoms with Gasteiger partial charge >= 0.3 is 6.03 Å². The quantitative estimate of drug-likeness (QED) is 0.842. The van der Waals surface area contributed by atoms with Crippen LogP contribution >= 0.6 is 0 Å². The summed E-state index contributed by atoms with van der Waals surface area (Å²) in [6, 6.07) is 7.26. The number of hydrogen-bond acceptors (Lipinski definition) is 4. The fourth-order valence-electron chi connectivity index (χ4n) is 2.12. The van der Waals surface area contributed by atoms with Gasteiger partial charge in [0.1, 0.15) is 11.5 Å². The zero-order valence-electron chi connectivity index (χ0n) is 14.2. The topological polar surface area (TPSA) is 76.4 Å². The molecule has 0 atom stereocenters. The predicted octanol–water partition coefficient (Wildman–Crippen LogP) is 3.75. The molecule has 0 radical (unpaired) electrons. The summed E-state index contributed by atoms with van der Waals surface area (Å²) in [6.45, 7) is 10.2. The maximum atomic E-state index is 11.8. The van der Waals surface area contributed by atoms with Crippen molar-refractivity contribution in [2.75, 3.05) is 12.0 Å². The third-order valence-corrected chi connectivity index (χ3v) is 3.27. The highest BCUT2D eigenvalue weighted by atomic mass is 16.5. The Labute approximate surface area is 136 Å². The van der Waals surface area contributed by atoms with Gasteiger partial charge in [0.15, 0.2) is 12.5 Å². The van der Waals surface area contributed by atoms with Gasteiger partial charge in [0, 0.05) is 6.07 Å². The largest absolute Gasteiger partial charge is 0.473 e. The molecule has 6 heteroatoms. The number of ether oxygens (including phenoxy) is 1. The van der Waals surface area contributed by atoms with Gasteiger partial charge in [-0.2, -0.15) is 0 Å². The first-order chi connectivity index (χ1) is 10.8. The van der Waals surface area contributed by atoms with Crippen LogP contribution < -0.4 is 15.4 Å². The van der Waals surface area contributed by atoms with Crippen molar-refractivity contribution < 1.29 is 14.1 Å². The van der Waals surface area contributed by atoms with Crippen LogP contribution in [0, 0.1) is 13.8 Å². The molecule has 2 rings (SSSR count). The van der Waals surface area contributed by atoms with Crippen LogP contribution in [0.1, 0.15) is 37.7 Å². The van der Waals surface area contributed by atoms with E-state index >= 15 is 0 Å². The highest BCUT2D eigenvalue weighted by Crippen LogP contribution is 2.31. The zero-order chi connectivity index (χ0) is 17.0. The van der Waals surface area contributed by atoms with Crippen molar-refractivity contribution in [3.63, 3.8) is 0 Å². The predicted molar refractivity (Wildman–Crippen MR) is 88.8 cm³/mol. The molecule has 0 aliphatic rings. The van der Waals surface area contributed by atoms with Crippen molar-refractivity contribution in [3.05, 3.63) is 41.2 Å². The summed E-state index contributed by atoms with van der Waals surface area (Å²) in [4.78, 5) is 11.8. The maximum Gasteiger partial charge on any atom is 0.323 e. The van der Waals surface area contributed by atoms with Crippen LogP contribution in [0.15, 0.2) is 28.8 Å². The molecular weight excluding hydrogens is 294 g/mol. The number of hydrogen-bond donors (Lipinski definition) is 2. The van der Waals surface area contributed by atoms with Crippen molar-refractivity contribution in [1.82, 2.24) is 10.5 Å². The van der Waals surface area contributed by atoms with Crippen LogP contribution in [0.5, 0.6) is 5.75 Å². The van der Waals surface area contributed by atoms with E-state index in [2.05, 4.69) is 42.6 Å². The number of benzene rings is 1. The molecule has 0 spiro atoms. The van der Waals surface area contributed by atoms with Crippen molar-refractivity contribution >= 4 is 11.8 Å². The molecule has 0 bridgehead atoms. The Hall–Kier alpha value is -2.50. The van der Waals surface area contributed by atoms with Gasteiger partial charge in [-0.3, -0.25) is 5.32 Å². The second kappa shape index (κ2) is 6.73. The number of anilines is 1. The van der Waals surface area contributed by atoms with Crippen molar-refractivity contribution in [3.8, 4) is 5.75 Å². The van der Waals surface area contributed by atoms with Gasteiger partial charge in [-0.15, -0.1) is 0 Å². The highest BCUT2D eigenvalue weighted by Gasteiger charge is 2.19. The lowest BCUT2D eigenvalue weighted by Gasteiger charge is -2.23. The molecule has 2 aromatic rings. The van der Waals surface area contributed by atoms with E-state index in [1.54, 1.807) is 13.0 Å². The minimum absolute atomic E-state index is 0.0398. The number of carbonyl (C=O) groups excluding carboxylic acids is 1. The standard InChI is InChI=1S/C17H23N3O3/c1-11-6-7-14(13(8-11)17(3,4)5)22-10-18-16(21)19-15-9-12(2)23-20-15/h6-9H,10H2,1-5H3,(H2,18,19,20,21). The number of carbonyl (C=O) groups is 1. The Bertz CT molecular complexity index is 687. The molecule has 124 valence electrons. The average Bonchev–Trinajstić information content (AvgIpc) is 2.84. The maximum absolute atomic E-state index is 11.8. The second-order valence-electron chi connectivity index (χ2n) is 6.49. The molecule has 0 fully saturated rings. The fraction of sp³-hybridized carbons (Fsp3) is 0.412. The lowest BCUT2D eigenvalue weighted by Crippen LogP contribution is -2.32. The van der Waals surface area contributed by atoms with E-state index in [1.807, 2.05) is 19.1 Å². The first-order valence-electron chi connectivity index (χ1n) is 7.48. The normalized spacial score (nSPS) is 11.2. The lowest BCUT2D eigenvalue weighted by molar-refractivity contribution is 0.233. The smallest absolute Gasteiger partial charge is 0.323 e. The monoisotopic (exact) mass is 317 g/mol. The third-order valence-electron chi connectivity index (χ3n) is 3.27. The van der Waals surface area contributed by atoms with E-state index in [0.29, 0.717) is 11.6 Å². The van der Waals surface area contributed by atoms with Gasteiger partial charge in [0.2, 0.25) is 0 Å². The number of amides is 2. The SMILES string of the molecule is Cc1ccc(OCNC(=O)Nc2cc(C)on2)c(C(C)(C)C)c1. The molecule has 1 aromatic heterocycles. The van der Waals surface area contributed by atoms with E-state index in [-0.39, 0.29) is 12.1 Å². The molecule has 0 saturated heterocycles. The van der Waals surface area contributed by atoms with Gasteiger partial charge in [0.05, 0.1) is 0 Å². The van der Waals surface area contributed by atoms with Crippen LogP contribution in [0.2, 0.25) is 0 Å². The van der Waals surface area contributed by atoms with E-state index in [1.165, 1.54) is 5.56 Å². The summed E-state index contributed by atoms with van der Waals surface area (Å²) in [5, 5.41) is 8.89. The molecule has 0 saturated carbocycles. The van der Waals surface area contributed by atoms with Crippen molar-refractivity contribution in [2.45, 2.75) is 40.0 Å². The Morgan fingerprint density at radius 1 is 1.26 bits per heavy atom. The van der Waals surface area contributed by atoms with E-state index in [0.717, 1.165) is 11.3 Å². The van der Waals surface area contributed by atoms with E-state index < -0.39 is 6.03 Å². The van der Waals surface area contributed by atoms with Crippen LogP contribution in [0.3, 0.4) is 0 Å². The Kier molecular flexibility index (Phi) is 4.93. The summed E-state index contributed by atoms with van der Waals surface area (Å²) >= 11 is 0. The molecule has 0 aliphatic heterocycles. The van der Waals surface area contributed by atoms with Crippen LogP contribution in [0.4, 0.5) is 10.6 Å². The molecular formula is C17H23N3O3. The average molecular weight is 317 g/mol. The minimum Gasteiger partial charge on any atom is -0.473 e. The number of urea groups is 1. The minimum atomic E-state index is -0.400. The van der Waals surface area contributed by atoms with Crippen LogP contribution in [-0.4, -0.2) is 17.9 Å².